The Balaban J connectivity index is 2.12. The quantitative estimate of drug-likeness (QED) is 0.525. The molecule has 1 aromatic heterocycles. The van der Waals surface area contributed by atoms with E-state index >= 15 is 0 Å². The zero-order chi connectivity index (χ0) is 15.7. The lowest BCUT2D eigenvalue weighted by molar-refractivity contribution is -0.383. The van der Waals surface area contributed by atoms with E-state index < -0.39 is 4.92 Å². The van der Waals surface area contributed by atoms with Gasteiger partial charge in [-0.3, -0.25) is 15.1 Å². The van der Waals surface area contributed by atoms with Crippen molar-refractivity contribution in [2.45, 2.75) is 13.8 Å². The Morgan fingerprint density at radius 2 is 1.86 bits per heavy atom. The molecular formula is C17H14N2O3. The van der Waals surface area contributed by atoms with Crippen molar-refractivity contribution >= 4 is 16.6 Å². The molecule has 0 N–H and O–H groups in total. The van der Waals surface area contributed by atoms with Crippen molar-refractivity contribution in [3.8, 4) is 11.5 Å². The maximum absolute atomic E-state index is 11.1. The highest BCUT2D eigenvalue weighted by atomic mass is 16.6. The minimum absolute atomic E-state index is 0.0241. The van der Waals surface area contributed by atoms with E-state index in [1.54, 1.807) is 24.4 Å². The lowest BCUT2D eigenvalue weighted by Crippen LogP contribution is -1.94. The molecule has 0 amide bonds. The molecule has 0 saturated carbocycles. The minimum atomic E-state index is -0.412. The fourth-order valence-electron chi connectivity index (χ4n) is 2.41. The summed E-state index contributed by atoms with van der Waals surface area (Å²) in [5.74, 6) is 1.22. The van der Waals surface area contributed by atoms with Gasteiger partial charge in [0.15, 0.2) is 5.75 Å². The van der Waals surface area contributed by atoms with Crippen molar-refractivity contribution in [3.05, 3.63) is 69.9 Å². The van der Waals surface area contributed by atoms with Gasteiger partial charge < -0.3 is 4.74 Å². The number of rotatable bonds is 3. The first-order valence-corrected chi connectivity index (χ1v) is 6.83. The number of nitro groups is 1. The standard InChI is InChI=1S/C17H14N2O3/c1-11-5-7-15(12(2)10-11)22-16-8-6-14(19(20)21)13-4-3-9-18-17(13)16/h3-10H,1-2H3. The van der Waals surface area contributed by atoms with Gasteiger partial charge in [-0.05, 0) is 43.7 Å². The zero-order valence-corrected chi connectivity index (χ0v) is 12.2. The monoisotopic (exact) mass is 294 g/mol. The molecule has 5 nitrogen and oxygen atoms in total. The second-order valence-electron chi connectivity index (χ2n) is 5.11. The van der Waals surface area contributed by atoms with Crippen LogP contribution in [0.4, 0.5) is 5.69 Å². The van der Waals surface area contributed by atoms with Gasteiger partial charge in [-0.15, -0.1) is 0 Å². The molecule has 0 aliphatic heterocycles. The van der Waals surface area contributed by atoms with Crippen LogP contribution in [0.25, 0.3) is 10.9 Å². The summed E-state index contributed by atoms with van der Waals surface area (Å²) in [5.41, 5.74) is 2.66. The van der Waals surface area contributed by atoms with E-state index in [1.807, 2.05) is 32.0 Å². The maximum Gasteiger partial charge on any atom is 0.279 e. The number of non-ortho nitro benzene ring substituents is 1. The molecule has 0 aliphatic carbocycles. The molecule has 0 saturated heterocycles. The van der Waals surface area contributed by atoms with Crippen molar-refractivity contribution < 1.29 is 9.66 Å². The topological polar surface area (TPSA) is 65.3 Å². The van der Waals surface area contributed by atoms with Crippen LogP contribution in [-0.4, -0.2) is 9.91 Å². The van der Waals surface area contributed by atoms with E-state index in [0.29, 0.717) is 22.4 Å². The summed E-state index contributed by atoms with van der Waals surface area (Å²) >= 11 is 0. The minimum Gasteiger partial charge on any atom is -0.455 e. The molecule has 3 rings (SSSR count). The van der Waals surface area contributed by atoms with Gasteiger partial charge in [0.05, 0.1) is 10.3 Å². The zero-order valence-electron chi connectivity index (χ0n) is 12.2. The van der Waals surface area contributed by atoms with Crippen molar-refractivity contribution in [2.24, 2.45) is 0 Å². The average molecular weight is 294 g/mol. The average Bonchev–Trinajstić information content (AvgIpc) is 2.50. The number of aromatic nitrogens is 1. The summed E-state index contributed by atoms with van der Waals surface area (Å²) in [4.78, 5) is 14.9. The van der Waals surface area contributed by atoms with E-state index in [2.05, 4.69) is 4.98 Å². The number of aryl methyl sites for hydroxylation is 2. The third-order valence-electron chi connectivity index (χ3n) is 3.46. The smallest absolute Gasteiger partial charge is 0.279 e. The first kappa shape index (κ1) is 14.0. The molecule has 1 heterocycles. The third-order valence-corrected chi connectivity index (χ3v) is 3.46. The predicted molar refractivity (Wildman–Crippen MR) is 84.4 cm³/mol. The molecular weight excluding hydrogens is 280 g/mol. The largest absolute Gasteiger partial charge is 0.455 e. The molecule has 5 heteroatoms. The fourth-order valence-corrected chi connectivity index (χ4v) is 2.41. The number of nitro benzene ring substituents is 1. The van der Waals surface area contributed by atoms with E-state index in [0.717, 1.165) is 11.1 Å². The predicted octanol–water partition coefficient (Wildman–Crippen LogP) is 4.55. The highest BCUT2D eigenvalue weighted by Gasteiger charge is 2.16. The van der Waals surface area contributed by atoms with Crippen LogP contribution in [0.2, 0.25) is 0 Å². The van der Waals surface area contributed by atoms with E-state index in [1.165, 1.54) is 6.07 Å². The Hall–Kier alpha value is -2.95. The van der Waals surface area contributed by atoms with Crippen LogP contribution in [0.15, 0.2) is 48.7 Å². The molecule has 3 aromatic rings. The number of hydrogen-bond acceptors (Lipinski definition) is 4. The highest BCUT2D eigenvalue weighted by molar-refractivity contribution is 5.92. The fraction of sp³-hybridized carbons (Fsp3) is 0.118. The van der Waals surface area contributed by atoms with Crippen LogP contribution in [0.3, 0.4) is 0 Å². The summed E-state index contributed by atoms with van der Waals surface area (Å²) in [5, 5.41) is 11.6. The molecule has 0 radical (unpaired) electrons. The normalized spacial score (nSPS) is 10.6. The van der Waals surface area contributed by atoms with Gasteiger partial charge >= 0.3 is 0 Å². The van der Waals surface area contributed by atoms with Crippen LogP contribution in [0, 0.1) is 24.0 Å². The second-order valence-corrected chi connectivity index (χ2v) is 5.11. The Bertz CT molecular complexity index is 875. The Labute approximate surface area is 127 Å². The van der Waals surface area contributed by atoms with E-state index in [4.69, 9.17) is 4.74 Å². The molecule has 0 bridgehead atoms. The van der Waals surface area contributed by atoms with Crippen molar-refractivity contribution in [2.75, 3.05) is 0 Å². The Morgan fingerprint density at radius 1 is 1.09 bits per heavy atom. The van der Waals surface area contributed by atoms with Gasteiger partial charge in [-0.1, -0.05) is 17.7 Å². The number of ether oxygens (including phenoxy) is 1. The second kappa shape index (κ2) is 5.44. The Morgan fingerprint density at radius 3 is 2.59 bits per heavy atom. The molecule has 22 heavy (non-hydrogen) atoms. The molecule has 2 aromatic carbocycles. The number of fused-ring (bicyclic) bond motifs is 1. The van der Waals surface area contributed by atoms with Gasteiger partial charge in [0.2, 0.25) is 0 Å². The van der Waals surface area contributed by atoms with Gasteiger partial charge in [-0.2, -0.15) is 0 Å². The molecule has 0 aliphatic rings. The van der Waals surface area contributed by atoms with Gasteiger partial charge in [0, 0.05) is 12.3 Å². The third kappa shape index (κ3) is 2.48. The van der Waals surface area contributed by atoms with Gasteiger partial charge in [0.1, 0.15) is 11.3 Å². The van der Waals surface area contributed by atoms with Crippen LogP contribution < -0.4 is 4.74 Å². The number of nitrogens with zero attached hydrogens (tertiary/aromatic N) is 2. The summed E-state index contributed by atoms with van der Waals surface area (Å²) in [6, 6.07) is 12.3. The van der Waals surface area contributed by atoms with Gasteiger partial charge in [0.25, 0.3) is 5.69 Å². The van der Waals surface area contributed by atoms with Crippen molar-refractivity contribution in [1.82, 2.24) is 4.98 Å². The van der Waals surface area contributed by atoms with Gasteiger partial charge in [-0.25, -0.2) is 0 Å². The van der Waals surface area contributed by atoms with Crippen LogP contribution in [0.5, 0.6) is 11.5 Å². The molecule has 0 atom stereocenters. The summed E-state index contributed by atoms with van der Waals surface area (Å²) < 4.78 is 5.93. The molecule has 0 spiro atoms. The number of pyridine rings is 1. The lowest BCUT2D eigenvalue weighted by atomic mass is 10.1. The summed E-state index contributed by atoms with van der Waals surface area (Å²) in [6.07, 6.45) is 1.60. The number of hydrogen-bond donors (Lipinski definition) is 0. The summed E-state index contributed by atoms with van der Waals surface area (Å²) in [6.45, 7) is 3.98. The Kier molecular flexibility index (Phi) is 3.47. The van der Waals surface area contributed by atoms with E-state index in [-0.39, 0.29) is 5.69 Å². The van der Waals surface area contributed by atoms with Crippen LogP contribution >= 0.6 is 0 Å². The molecule has 0 fully saturated rings. The maximum atomic E-state index is 11.1. The first-order chi connectivity index (χ1) is 10.6. The summed E-state index contributed by atoms with van der Waals surface area (Å²) in [7, 11) is 0. The van der Waals surface area contributed by atoms with Crippen molar-refractivity contribution in [1.29, 1.82) is 0 Å². The highest BCUT2D eigenvalue weighted by Crippen LogP contribution is 2.34. The number of benzene rings is 2. The molecule has 0 unspecified atom stereocenters. The van der Waals surface area contributed by atoms with Crippen molar-refractivity contribution in [3.63, 3.8) is 0 Å². The molecule has 110 valence electrons. The van der Waals surface area contributed by atoms with Crippen LogP contribution in [0.1, 0.15) is 11.1 Å². The lowest BCUT2D eigenvalue weighted by Gasteiger charge is -2.11. The van der Waals surface area contributed by atoms with Crippen LogP contribution in [-0.2, 0) is 0 Å². The SMILES string of the molecule is Cc1ccc(Oc2ccc([N+](=O)[O-])c3cccnc23)c(C)c1. The first-order valence-electron chi connectivity index (χ1n) is 6.83. The van der Waals surface area contributed by atoms with E-state index in [9.17, 15) is 10.1 Å².